The van der Waals surface area contributed by atoms with Gasteiger partial charge in [0, 0.05) is 12.5 Å². The second-order valence-corrected chi connectivity index (χ2v) is 6.55. The molecule has 0 radical (unpaired) electrons. The highest BCUT2D eigenvalue weighted by Gasteiger charge is 2.11. The van der Waals surface area contributed by atoms with E-state index in [2.05, 4.69) is 10.4 Å². The normalized spacial score (nSPS) is 10.7. The molecule has 0 spiro atoms. The lowest BCUT2D eigenvalue weighted by molar-refractivity contribution is -0.116. The zero-order chi connectivity index (χ0) is 18.5. The van der Waals surface area contributed by atoms with Gasteiger partial charge in [-0.25, -0.2) is 9.07 Å². The van der Waals surface area contributed by atoms with E-state index >= 15 is 0 Å². The van der Waals surface area contributed by atoms with Crippen LogP contribution in [-0.4, -0.2) is 15.7 Å². The van der Waals surface area contributed by atoms with Crippen molar-refractivity contribution in [2.75, 3.05) is 5.32 Å². The number of anilines is 1. The van der Waals surface area contributed by atoms with Crippen molar-refractivity contribution in [2.24, 2.45) is 0 Å². The van der Waals surface area contributed by atoms with Crippen molar-refractivity contribution in [1.29, 1.82) is 0 Å². The number of halogens is 3. The van der Waals surface area contributed by atoms with Gasteiger partial charge in [0.15, 0.2) is 0 Å². The number of carbonyl (C=O) groups is 1. The molecule has 0 atom stereocenters. The van der Waals surface area contributed by atoms with Gasteiger partial charge in [-0.15, -0.1) is 0 Å². The zero-order valence-electron chi connectivity index (χ0n) is 13.8. The standard InChI is InChI=1S/C19H16Cl2FN3O/c20-16-3-1-2-14(19(16)21)12-25-17(10-11-23-25)24-18(26)9-6-13-4-7-15(22)8-5-13/h1-5,7-8,10-11H,6,9,12H2,(H,24,26). The number of nitrogens with zero attached hydrogens (tertiary/aromatic N) is 2. The Hall–Kier alpha value is -2.37. The summed E-state index contributed by atoms with van der Waals surface area (Å²) in [6, 6.07) is 13.2. The molecule has 0 aliphatic rings. The molecular weight excluding hydrogens is 376 g/mol. The van der Waals surface area contributed by atoms with Crippen LogP contribution in [0.4, 0.5) is 10.2 Å². The van der Waals surface area contributed by atoms with Crippen LogP contribution in [0.25, 0.3) is 0 Å². The van der Waals surface area contributed by atoms with Gasteiger partial charge in [0.25, 0.3) is 0 Å². The Kier molecular flexibility index (Phi) is 5.91. The molecule has 7 heteroatoms. The number of aromatic nitrogens is 2. The molecule has 0 bridgehead atoms. The van der Waals surface area contributed by atoms with E-state index in [0.717, 1.165) is 11.1 Å². The third-order valence-electron chi connectivity index (χ3n) is 3.89. The topological polar surface area (TPSA) is 46.9 Å². The predicted molar refractivity (Wildman–Crippen MR) is 101 cm³/mol. The number of amides is 1. The lowest BCUT2D eigenvalue weighted by Gasteiger charge is -2.11. The average Bonchev–Trinajstić information content (AvgIpc) is 3.05. The maximum absolute atomic E-state index is 12.9. The zero-order valence-corrected chi connectivity index (χ0v) is 15.3. The minimum Gasteiger partial charge on any atom is -0.311 e. The molecule has 1 aromatic heterocycles. The number of hydrogen-bond acceptors (Lipinski definition) is 2. The molecule has 1 N–H and O–H groups in total. The second-order valence-electron chi connectivity index (χ2n) is 5.76. The first-order valence-electron chi connectivity index (χ1n) is 8.02. The highest BCUT2D eigenvalue weighted by molar-refractivity contribution is 6.42. The van der Waals surface area contributed by atoms with E-state index in [4.69, 9.17) is 23.2 Å². The Morgan fingerprint density at radius 2 is 1.88 bits per heavy atom. The van der Waals surface area contributed by atoms with Crippen LogP contribution >= 0.6 is 23.2 Å². The van der Waals surface area contributed by atoms with Crippen LogP contribution in [0.2, 0.25) is 10.0 Å². The Morgan fingerprint density at radius 1 is 1.12 bits per heavy atom. The lowest BCUT2D eigenvalue weighted by atomic mass is 10.1. The van der Waals surface area contributed by atoms with Crippen molar-refractivity contribution in [3.63, 3.8) is 0 Å². The second kappa shape index (κ2) is 8.34. The van der Waals surface area contributed by atoms with Crippen LogP contribution in [0.3, 0.4) is 0 Å². The van der Waals surface area contributed by atoms with Gasteiger partial charge < -0.3 is 5.32 Å². The number of aryl methyl sites for hydroxylation is 1. The molecule has 134 valence electrons. The van der Waals surface area contributed by atoms with Gasteiger partial charge in [0.2, 0.25) is 5.91 Å². The van der Waals surface area contributed by atoms with Crippen LogP contribution in [0.1, 0.15) is 17.5 Å². The SMILES string of the molecule is O=C(CCc1ccc(F)cc1)Nc1ccnn1Cc1cccc(Cl)c1Cl. The summed E-state index contributed by atoms with van der Waals surface area (Å²) in [5, 5.41) is 8.00. The third-order valence-corrected chi connectivity index (χ3v) is 4.75. The van der Waals surface area contributed by atoms with Crippen molar-refractivity contribution >= 4 is 34.9 Å². The van der Waals surface area contributed by atoms with Crippen molar-refractivity contribution in [1.82, 2.24) is 9.78 Å². The summed E-state index contributed by atoms with van der Waals surface area (Å²) in [6.07, 6.45) is 2.42. The number of benzene rings is 2. The fourth-order valence-electron chi connectivity index (χ4n) is 2.51. The number of carbonyl (C=O) groups excluding carboxylic acids is 1. The summed E-state index contributed by atoms with van der Waals surface area (Å²) in [6.45, 7) is 0.389. The van der Waals surface area contributed by atoms with Crippen LogP contribution in [0.15, 0.2) is 54.7 Å². The quantitative estimate of drug-likeness (QED) is 0.645. The molecule has 3 rings (SSSR count). The average molecular weight is 392 g/mol. The van der Waals surface area contributed by atoms with Crippen LogP contribution < -0.4 is 5.32 Å². The molecule has 0 aliphatic carbocycles. The first kappa shape index (κ1) is 18.4. The van der Waals surface area contributed by atoms with Crippen LogP contribution in [0, 0.1) is 5.82 Å². The molecule has 0 saturated heterocycles. The summed E-state index contributed by atoms with van der Waals surface area (Å²) in [4.78, 5) is 12.2. The lowest BCUT2D eigenvalue weighted by Crippen LogP contribution is -2.16. The highest BCUT2D eigenvalue weighted by atomic mass is 35.5. The van der Waals surface area contributed by atoms with Gasteiger partial charge in [0.1, 0.15) is 11.6 Å². The number of nitrogens with one attached hydrogen (secondary N) is 1. The summed E-state index contributed by atoms with van der Waals surface area (Å²) in [5.74, 6) is 0.139. The van der Waals surface area contributed by atoms with Crippen LogP contribution in [-0.2, 0) is 17.8 Å². The Labute approximate surface area is 160 Å². The molecular formula is C19H16Cl2FN3O. The third kappa shape index (κ3) is 4.62. The van der Waals surface area contributed by atoms with E-state index in [0.29, 0.717) is 28.8 Å². The van der Waals surface area contributed by atoms with E-state index in [9.17, 15) is 9.18 Å². The molecule has 1 amide bonds. The molecule has 0 fully saturated rings. The Bertz CT molecular complexity index is 909. The smallest absolute Gasteiger partial charge is 0.225 e. The van der Waals surface area contributed by atoms with Gasteiger partial charge in [0.05, 0.1) is 22.8 Å². The van der Waals surface area contributed by atoms with Crippen molar-refractivity contribution in [3.8, 4) is 0 Å². The van der Waals surface area contributed by atoms with Crippen LogP contribution in [0.5, 0.6) is 0 Å². The van der Waals surface area contributed by atoms with Crippen molar-refractivity contribution in [3.05, 3.63) is 81.7 Å². The van der Waals surface area contributed by atoms with E-state index < -0.39 is 0 Å². The fourth-order valence-corrected chi connectivity index (χ4v) is 2.89. The van der Waals surface area contributed by atoms with Crippen molar-refractivity contribution in [2.45, 2.75) is 19.4 Å². The molecule has 0 aliphatic heterocycles. The largest absolute Gasteiger partial charge is 0.311 e. The van der Waals surface area contributed by atoms with E-state index in [1.807, 2.05) is 12.1 Å². The van der Waals surface area contributed by atoms with Gasteiger partial charge >= 0.3 is 0 Å². The minimum atomic E-state index is -0.290. The Balaban J connectivity index is 1.62. The van der Waals surface area contributed by atoms with Gasteiger partial charge in [-0.2, -0.15) is 5.10 Å². The minimum absolute atomic E-state index is 0.145. The van der Waals surface area contributed by atoms with Gasteiger partial charge in [-0.3, -0.25) is 4.79 Å². The molecule has 0 saturated carbocycles. The van der Waals surface area contributed by atoms with Gasteiger partial charge in [-0.1, -0.05) is 47.5 Å². The fraction of sp³-hybridized carbons (Fsp3) is 0.158. The molecule has 26 heavy (non-hydrogen) atoms. The Morgan fingerprint density at radius 3 is 2.65 bits per heavy atom. The number of rotatable bonds is 6. The number of hydrogen-bond donors (Lipinski definition) is 1. The first-order valence-corrected chi connectivity index (χ1v) is 8.77. The first-order chi connectivity index (χ1) is 12.5. The molecule has 2 aromatic carbocycles. The van der Waals surface area contributed by atoms with E-state index in [1.165, 1.54) is 12.1 Å². The summed E-state index contributed by atoms with van der Waals surface area (Å²) < 4.78 is 14.6. The van der Waals surface area contributed by atoms with Crippen molar-refractivity contribution < 1.29 is 9.18 Å². The molecule has 3 aromatic rings. The van der Waals surface area contributed by atoms with E-state index in [1.54, 1.807) is 35.1 Å². The summed E-state index contributed by atoms with van der Waals surface area (Å²) >= 11 is 12.2. The predicted octanol–water partition coefficient (Wildman–Crippen LogP) is 4.95. The monoisotopic (exact) mass is 391 g/mol. The molecule has 0 unspecified atom stereocenters. The van der Waals surface area contributed by atoms with Gasteiger partial charge in [-0.05, 0) is 35.7 Å². The summed E-state index contributed by atoms with van der Waals surface area (Å²) in [5.41, 5.74) is 1.71. The highest BCUT2D eigenvalue weighted by Crippen LogP contribution is 2.26. The maximum atomic E-state index is 12.9. The van der Waals surface area contributed by atoms with E-state index in [-0.39, 0.29) is 18.1 Å². The molecule has 4 nitrogen and oxygen atoms in total. The maximum Gasteiger partial charge on any atom is 0.225 e. The summed E-state index contributed by atoms with van der Waals surface area (Å²) in [7, 11) is 0. The molecule has 1 heterocycles.